The van der Waals surface area contributed by atoms with Crippen LogP contribution in [0.4, 0.5) is 0 Å². The van der Waals surface area contributed by atoms with Crippen LogP contribution in [0.2, 0.25) is 0 Å². The van der Waals surface area contributed by atoms with E-state index >= 15 is 0 Å². The van der Waals surface area contributed by atoms with Crippen LogP contribution >= 0.6 is 0 Å². The molecule has 1 amide bonds. The largest absolute Gasteiger partial charge is 0.361 e. The number of nitrogens with zero attached hydrogens (tertiary/aromatic N) is 3. The van der Waals surface area contributed by atoms with Crippen molar-refractivity contribution in [1.82, 2.24) is 19.8 Å². The number of aromatic amines is 1. The molecule has 0 unspecified atom stereocenters. The van der Waals surface area contributed by atoms with Crippen LogP contribution in [0.15, 0.2) is 54.9 Å². The summed E-state index contributed by atoms with van der Waals surface area (Å²) in [6.45, 7) is 4.22. The molecular formula is C24H26N4O. The topological polar surface area (TPSA) is 52.2 Å². The fraction of sp³-hybridized carbons (Fsp3) is 0.333. The van der Waals surface area contributed by atoms with Crippen molar-refractivity contribution in [1.29, 1.82) is 0 Å². The SMILES string of the molecule is CCN(C)C(=O)[C@@H]1C=C2c3cccc4[nH]cc(c34)C[C@H]2N(Cc2ccccn2)C1. The molecule has 5 rings (SSSR count). The smallest absolute Gasteiger partial charge is 0.230 e. The summed E-state index contributed by atoms with van der Waals surface area (Å²) in [5.74, 6) is 0.0576. The van der Waals surface area contributed by atoms with Gasteiger partial charge in [-0.05, 0) is 48.2 Å². The summed E-state index contributed by atoms with van der Waals surface area (Å²) in [7, 11) is 1.89. The van der Waals surface area contributed by atoms with Gasteiger partial charge in [-0.15, -0.1) is 0 Å². The summed E-state index contributed by atoms with van der Waals surface area (Å²) in [6, 6.07) is 12.7. The Morgan fingerprint density at radius 3 is 2.97 bits per heavy atom. The highest BCUT2D eigenvalue weighted by atomic mass is 16.2. The Morgan fingerprint density at radius 2 is 2.17 bits per heavy atom. The molecule has 0 radical (unpaired) electrons. The van der Waals surface area contributed by atoms with Gasteiger partial charge in [0.2, 0.25) is 5.91 Å². The number of carbonyl (C=O) groups excluding carboxylic acids is 1. The zero-order valence-corrected chi connectivity index (χ0v) is 16.9. The van der Waals surface area contributed by atoms with E-state index in [1.807, 2.05) is 37.2 Å². The van der Waals surface area contributed by atoms with E-state index < -0.39 is 0 Å². The number of benzene rings is 1. The first-order valence-corrected chi connectivity index (χ1v) is 10.4. The molecule has 5 heteroatoms. The molecule has 3 aromatic rings. The Labute approximate surface area is 171 Å². The number of H-pyrrole nitrogens is 1. The molecular weight excluding hydrogens is 360 g/mol. The van der Waals surface area contributed by atoms with Crippen molar-refractivity contribution >= 4 is 22.4 Å². The summed E-state index contributed by atoms with van der Waals surface area (Å²) in [6.07, 6.45) is 7.18. The van der Waals surface area contributed by atoms with Crippen LogP contribution in [0.3, 0.4) is 0 Å². The molecule has 3 heterocycles. The van der Waals surface area contributed by atoms with Gasteiger partial charge in [0.25, 0.3) is 0 Å². The van der Waals surface area contributed by atoms with Crippen LogP contribution in [0.5, 0.6) is 0 Å². The van der Waals surface area contributed by atoms with Gasteiger partial charge in [-0.3, -0.25) is 14.7 Å². The average Bonchev–Trinajstić information content (AvgIpc) is 3.18. The number of pyridine rings is 1. The van der Waals surface area contributed by atoms with Gasteiger partial charge in [-0.1, -0.05) is 24.3 Å². The monoisotopic (exact) mass is 386 g/mol. The number of aromatic nitrogens is 2. The summed E-state index contributed by atoms with van der Waals surface area (Å²) in [5.41, 5.74) is 6.12. The molecule has 0 bridgehead atoms. The van der Waals surface area contributed by atoms with E-state index in [1.54, 1.807) is 0 Å². The van der Waals surface area contributed by atoms with Crippen LogP contribution in [-0.4, -0.2) is 51.9 Å². The van der Waals surface area contributed by atoms with E-state index in [2.05, 4.69) is 51.4 Å². The number of nitrogens with one attached hydrogen (secondary N) is 1. The fourth-order valence-corrected chi connectivity index (χ4v) is 4.79. The maximum atomic E-state index is 13.1. The summed E-state index contributed by atoms with van der Waals surface area (Å²) < 4.78 is 0. The van der Waals surface area contributed by atoms with Crippen LogP contribution in [0.1, 0.15) is 23.7 Å². The number of amides is 1. The average molecular weight is 386 g/mol. The maximum Gasteiger partial charge on any atom is 0.230 e. The lowest BCUT2D eigenvalue weighted by Gasteiger charge is -2.42. The molecule has 148 valence electrons. The lowest BCUT2D eigenvalue weighted by Crippen LogP contribution is -2.48. The molecule has 2 atom stereocenters. The molecule has 0 saturated carbocycles. The van der Waals surface area contributed by atoms with E-state index in [9.17, 15) is 4.79 Å². The molecule has 1 aliphatic carbocycles. The number of hydrogen-bond acceptors (Lipinski definition) is 3. The van der Waals surface area contributed by atoms with Gasteiger partial charge in [-0.25, -0.2) is 0 Å². The highest BCUT2D eigenvalue weighted by Crippen LogP contribution is 2.41. The molecule has 5 nitrogen and oxygen atoms in total. The Bertz CT molecular complexity index is 1080. The Kier molecular flexibility index (Phi) is 4.47. The molecule has 1 N–H and O–H groups in total. The van der Waals surface area contributed by atoms with Gasteiger partial charge in [0.1, 0.15) is 0 Å². The molecule has 1 aliphatic heterocycles. The third kappa shape index (κ3) is 3.06. The van der Waals surface area contributed by atoms with Gasteiger partial charge in [0.05, 0.1) is 11.6 Å². The Balaban J connectivity index is 1.59. The third-order valence-electron chi connectivity index (χ3n) is 6.38. The van der Waals surface area contributed by atoms with Crippen molar-refractivity contribution in [3.8, 4) is 0 Å². The van der Waals surface area contributed by atoms with Gasteiger partial charge in [-0.2, -0.15) is 0 Å². The van der Waals surface area contributed by atoms with Gasteiger partial charge < -0.3 is 9.88 Å². The Morgan fingerprint density at radius 1 is 1.28 bits per heavy atom. The second kappa shape index (κ2) is 7.16. The molecule has 29 heavy (non-hydrogen) atoms. The lowest BCUT2D eigenvalue weighted by molar-refractivity contribution is -0.133. The van der Waals surface area contributed by atoms with Gasteiger partial charge >= 0.3 is 0 Å². The second-order valence-electron chi connectivity index (χ2n) is 8.09. The maximum absolute atomic E-state index is 13.1. The highest BCUT2D eigenvalue weighted by Gasteiger charge is 2.37. The first-order valence-electron chi connectivity index (χ1n) is 10.4. The second-order valence-corrected chi connectivity index (χ2v) is 8.09. The number of fused-ring (bicyclic) bond motifs is 2. The van der Waals surface area contributed by atoms with Gasteiger partial charge in [0.15, 0.2) is 0 Å². The van der Waals surface area contributed by atoms with Crippen LogP contribution < -0.4 is 0 Å². The molecule has 0 spiro atoms. The first-order chi connectivity index (χ1) is 14.2. The van der Waals surface area contributed by atoms with E-state index in [0.717, 1.165) is 31.7 Å². The lowest BCUT2D eigenvalue weighted by atomic mass is 9.79. The van der Waals surface area contributed by atoms with E-state index in [4.69, 9.17) is 0 Å². The van der Waals surface area contributed by atoms with Crippen molar-refractivity contribution in [2.24, 2.45) is 5.92 Å². The predicted molar refractivity (Wildman–Crippen MR) is 115 cm³/mol. The number of hydrogen-bond donors (Lipinski definition) is 1. The van der Waals surface area contributed by atoms with Crippen molar-refractivity contribution in [3.63, 3.8) is 0 Å². The van der Waals surface area contributed by atoms with E-state index in [0.29, 0.717) is 0 Å². The molecule has 0 fully saturated rings. The Hall–Kier alpha value is -2.92. The van der Waals surface area contributed by atoms with Crippen LogP contribution in [-0.2, 0) is 17.8 Å². The molecule has 0 saturated heterocycles. The van der Waals surface area contributed by atoms with Crippen molar-refractivity contribution in [3.05, 3.63) is 71.7 Å². The third-order valence-corrected chi connectivity index (χ3v) is 6.38. The van der Waals surface area contributed by atoms with Crippen LogP contribution in [0.25, 0.3) is 16.5 Å². The van der Waals surface area contributed by atoms with E-state index in [1.165, 1.54) is 27.6 Å². The molecule has 2 aliphatic rings. The predicted octanol–water partition coefficient (Wildman–Crippen LogP) is 3.48. The molecule has 2 aromatic heterocycles. The first kappa shape index (κ1) is 18.1. The number of carbonyl (C=O) groups is 1. The summed E-state index contributed by atoms with van der Waals surface area (Å²) >= 11 is 0. The minimum absolute atomic E-state index is 0.134. The number of rotatable bonds is 4. The van der Waals surface area contributed by atoms with E-state index in [-0.39, 0.29) is 17.9 Å². The standard InChI is InChI=1S/C24H26N4O/c1-3-27(2)24(29)17-11-20-19-8-6-9-21-23(19)16(13-26-21)12-22(20)28(14-17)15-18-7-4-5-10-25-18/h4-11,13,17,22,26H,3,12,14-15H2,1-2H3/t17-,22-/m1/s1. The minimum Gasteiger partial charge on any atom is -0.361 e. The summed E-state index contributed by atoms with van der Waals surface area (Å²) in [5, 5.41) is 1.31. The quantitative estimate of drug-likeness (QED) is 0.747. The van der Waals surface area contributed by atoms with Crippen molar-refractivity contribution in [2.75, 3.05) is 20.1 Å². The normalized spacial score (nSPS) is 21.0. The minimum atomic E-state index is -0.134. The fourth-order valence-electron chi connectivity index (χ4n) is 4.79. The highest BCUT2D eigenvalue weighted by molar-refractivity contribution is 5.99. The summed E-state index contributed by atoms with van der Waals surface area (Å²) in [4.78, 5) is 25.3. The van der Waals surface area contributed by atoms with Gasteiger partial charge in [0, 0.05) is 56.0 Å². The van der Waals surface area contributed by atoms with Crippen molar-refractivity contribution < 1.29 is 4.79 Å². The molecule has 1 aromatic carbocycles. The van der Waals surface area contributed by atoms with Crippen LogP contribution in [0, 0.1) is 5.92 Å². The van der Waals surface area contributed by atoms with Crippen molar-refractivity contribution in [2.45, 2.75) is 25.9 Å². The zero-order valence-electron chi connectivity index (χ0n) is 16.9. The zero-order chi connectivity index (χ0) is 20.0.